The molecular weight excluding hydrogens is 383 g/mol. The summed E-state index contributed by atoms with van der Waals surface area (Å²) in [5, 5.41) is 8.28. The van der Waals surface area contributed by atoms with E-state index in [1.165, 1.54) is 11.1 Å². The monoisotopic (exact) mass is 402 g/mol. The van der Waals surface area contributed by atoms with Crippen LogP contribution in [0.1, 0.15) is 46.1 Å². The van der Waals surface area contributed by atoms with Crippen LogP contribution in [0.5, 0.6) is 0 Å². The van der Waals surface area contributed by atoms with Gasteiger partial charge in [-0.2, -0.15) is 5.10 Å². The van der Waals surface area contributed by atoms with Crippen LogP contribution in [0.2, 0.25) is 10.2 Å². The second kappa shape index (κ2) is 7.06. The number of halogens is 2. The summed E-state index contributed by atoms with van der Waals surface area (Å²) in [7, 11) is 1.71. The first-order valence-electron chi connectivity index (χ1n) is 8.91. The van der Waals surface area contributed by atoms with Gasteiger partial charge in [0.1, 0.15) is 16.7 Å². The molecule has 0 bridgehead atoms. The van der Waals surface area contributed by atoms with Crippen molar-refractivity contribution in [1.82, 2.24) is 14.3 Å². The summed E-state index contributed by atoms with van der Waals surface area (Å²) in [4.78, 5) is 12.8. The molecule has 1 N–H and O–H groups in total. The third-order valence-corrected chi connectivity index (χ3v) is 6.03. The molecule has 1 unspecified atom stereocenters. The van der Waals surface area contributed by atoms with Crippen molar-refractivity contribution in [2.45, 2.75) is 32.2 Å². The molecular formula is C20H20Cl2N4O. The second-order valence-electron chi connectivity index (χ2n) is 6.91. The van der Waals surface area contributed by atoms with E-state index in [4.69, 9.17) is 23.2 Å². The Morgan fingerprint density at radius 1 is 1.30 bits per heavy atom. The van der Waals surface area contributed by atoms with E-state index in [2.05, 4.69) is 34.7 Å². The number of hydrogen-bond acceptors (Lipinski definition) is 2. The lowest BCUT2D eigenvalue weighted by Gasteiger charge is -2.27. The van der Waals surface area contributed by atoms with Gasteiger partial charge >= 0.3 is 0 Å². The van der Waals surface area contributed by atoms with Gasteiger partial charge in [-0.05, 0) is 43.4 Å². The van der Waals surface area contributed by atoms with Gasteiger partial charge < -0.3 is 9.88 Å². The molecule has 3 aromatic rings. The zero-order chi connectivity index (χ0) is 19.1. The van der Waals surface area contributed by atoms with Crippen molar-refractivity contribution in [3.8, 4) is 0 Å². The van der Waals surface area contributed by atoms with Crippen molar-refractivity contribution >= 4 is 34.9 Å². The second-order valence-corrected chi connectivity index (χ2v) is 7.67. The zero-order valence-electron chi connectivity index (χ0n) is 15.2. The highest BCUT2D eigenvalue weighted by molar-refractivity contribution is 6.42. The third-order valence-electron chi connectivity index (χ3n) is 5.19. The third kappa shape index (κ3) is 3.15. The van der Waals surface area contributed by atoms with E-state index in [-0.39, 0.29) is 11.9 Å². The van der Waals surface area contributed by atoms with Crippen molar-refractivity contribution in [1.29, 1.82) is 0 Å². The Balaban J connectivity index is 1.69. The van der Waals surface area contributed by atoms with E-state index in [1.807, 2.05) is 11.6 Å². The summed E-state index contributed by atoms with van der Waals surface area (Å²) in [6.45, 7) is 1.94. The average Bonchev–Trinajstić information content (AvgIpc) is 3.16. The quantitative estimate of drug-likeness (QED) is 0.668. The number of rotatable bonds is 3. The molecule has 0 fully saturated rings. The summed E-state index contributed by atoms with van der Waals surface area (Å²) in [5.41, 5.74) is 3.94. The van der Waals surface area contributed by atoms with E-state index < -0.39 is 0 Å². The lowest BCUT2D eigenvalue weighted by atomic mass is 9.88. The molecule has 27 heavy (non-hydrogen) atoms. The van der Waals surface area contributed by atoms with Gasteiger partial charge in [0.2, 0.25) is 0 Å². The predicted octanol–water partition coefficient (Wildman–Crippen LogP) is 5.01. The smallest absolute Gasteiger partial charge is 0.273 e. The van der Waals surface area contributed by atoms with Crippen LogP contribution in [0.4, 0.5) is 5.82 Å². The van der Waals surface area contributed by atoms with E-state index in [9.17, 15) is 4.79 Å². The fraction of sp³-hybridized carbons (Fsp3) is 0.300. The fourth-order valence-electron chi connectivity index (χ4n) is 3.75. The van der Waals surface area contributed by atoms with Gasteiger partial charge in [-0.25, -0.2) is 4.68 Å². The maximum absolute atomic E-state index is 12.8. The summed E-state index contributed by atoms with van der Waals surface area (Å²) >= 11 is 12.1. The van der Waals surface area contributed by atoms with Crippen LogP contribution < -0.4 is 5.32 Å². The Hall–Kier alpha value is -2.24. The molecule has 7 heteroatoms. The largest absolute Gasteiger partial charge is 0.329 e. The zero-order valence-corrected chi connectivity index (χ0v) is 16.7. The first-order chi connectivity index (χ1) is 13.0. The number of amides is 1. The number of benzene rings is 1. The topological polar surface area (TPSA) is 51.9 Å². The van der Waals surface area contributed by atoms with Crippen molar-refractivity contribution in [3.05, 3.63) is 69.1 Å². The Labute approximate surface area is 167 Å². The lowest BCUT2D eigenvalue weighted by Crippen LogP contribution is -2.23. The number of fused-ring (bicyclic) bond motifs is 1. The van der Waals surface area contributed by atoms with Gasteiger partial charge in [-0.15, -0.1) is 0 Å². The molecule has 0 aliphatic heterocycles. The van der Waals surface area contributed by atoms with Crippen LogP contribution in [-0.2, 0) is 13.5 Å². The van der Waals surface area contributed by atoms with Crippen LogP contribution in [0.3, 0.4) is 0 Å². The average molecular weight is 403 g/mol. The minimum atomic E-state index is -0.264. The van der Waals surface area contributed by atoms with Crippen LogP contribution in [0.15, 0.2) is 36.5 Å². The molecule has 0 saturated heterocycles. The Kier molecular flexibility index (Phi) is 4.74. The summed E-state index contributed by atoms with van der Waals surface area (Å²) in [6.07, 6.45) is 4.95. The number of hydrogen-bond donors (Lipinski definition) is 1. The number of anilines is 1. The predicted molar refractivity (Wildman–Crippen MR) is 108 cm³/mol. The highest BCUT2D eigenvalue weighted by Gasteiger charge is 2.26. The highest BCUT2D eigenvalue weighted by Crippen LogP contribution is 2.35. The summed E-state index contributed by atoms with van der Waals surface area (Å²) in [5.74, 6) is 0.440. The summed E-state index contributed by atoms with van der Waals surface area (Å²) < 4.78 is 3.50. The molecule has 1 aliphatic rings. The van der Waals surface area contributed by atoms with Crippen LogP contribution >= 0.6 is 23.2 Å². The SMILES string of the molecule is Cc1cnn(C2CCCc3ccccc32)c1NC(=O)c1cc(Cl)c(Cl)n1C. The normalized spacial score (nSPS) is 16.2. The van der Waals surface area contributed by atoms with Gasteiger partial charge in [0.05, 0.1) is 17.3 Å². The minimum Gasteiger partial charge on any atom is -0.329 e. The van der Waals surface area contributed by atoms with Gasteiger partial charge in [0, 0.05) is 12.6 Å². The first-order valence-corrected chi connectivity index (χ1v) is 9.67. The van der Waals surface area contributed by atoms with Crippen molar-refractivity contribution in [2.75, 3.05) is 5.32 Å². The summed E-state index contributed by atoms with van der Waals surface area (Å²) in [6, 6.07) is 10.1. The fourth-order valence-corrected chi connectivity index (χ4v) is 4.13. The van der Waals surface area contributed by atoms with Gasteiger partial charge in [0.25, 0.3) is 5.91 Å². The number of carbonyl (C=O) groups is 1. The number of carbonyl (C=O) groups excluding carboxylic acids is 1. The molecule has 2 heterocycles. The molecule has 5 nitrogen and oxygen atoms in total. The first kappa shape index (κ1) is 18.1. The Morgan fingerprint density at radius 2 is 2.07 bits per heavy atom. The maximum atomic E-state index is 12.8. The lowest BCUT2D eigenvalue weighted by molar-refractivity contribution is 0.101. The molecule has 0 radical (unpaired) electrons. The van der Waals surface area contributed by atoms with Gasteiger partial charge in [0.15, 0.2) is 0 Å². The van der Waals surface area contributed by atoms with E-state index in [0.29, 0.717) is 21.7 Å². The van der Waals surface area contributed by atoms with Crippen LogP contribution in [0, 0.1) is 6.92 Å². The van der Waals surface area contributed by atoms with Crippen molar-refractivity contribution in [3.63, 3.8) is 0 Å². The van der Waals surface area contributed by atoms with Gasteiger partial charge in [-0.1, -0.05) is 47.5 Å². The van der Waals surface area contributed by atoms with E-state index in [0.717, 1.165) is 24.8 Å². The van der Waals surface area contributed by atoms with E-state index >= 15 is 0 Å². The van der Waals surface area contributed by atoms with Gasteiger partial charge in [-0.3, -0.25) is 4.79 Å². The standard InChI is InChI=1S/C20H20Cl2N4O/c1-12-11-23-26(16-9-5-7-13-6-3-4-8-14(13)16)19(12)24-20(27)17-10-15(21)18(22)25(17)2/h3-4,6,8,10-11,16H,5,7,9H2,1-2H3,(H,24,27). The van der Waals surface area contributed by atoms with Crippen molar-refractivity contribution < 1.29 is 4.79 Å². The molecule has 0 spiro atoms. The van der Waals surface area contributed by atoms with E-state index in [1.54, 1.807) is 23.9 Å². The Bertz CT molecular complexity index is 1020. The van der Waals surface area contributed by atoms with Crippen LogP contribution in [0.25, 0.3) is 0 Å². The minimum absolute atomic E-state index is 0.111. The maximum Gasteiger partial charge on any atom is 0.273 e. The number of aryl methyl sites for hydroxylation is 2. The molecule has 2 aromatic heterocycles. The molecule has 1 amide bonds. The van der Waals surface area contributed by atoms with Crippen molar-refractivity contribution in [2.24, 2.45) is 7.05 Å². The highest BCUT2D eigenvalue weighted by atomic mass is 35.5. The number of nitrogens with zero attached hydrogens (tertiary/aromatic N) is 3. The Morgan fingerprint density at radius 3 is 2.81 bits per heavy atom. The molecule has 140 valence electrons. The molecule has 4 rings (SSSR count). The number of nitrogens with one attached hydrogen (secondary N) is 1. The molecule has 0 saturated carbocycles. The number of aromatic nitrogens is 3. The van der Waals surface area contributed by atoms with Crippen LogP contribution in [-0.4, -0.2) is 20.3 Å². The molecule has 1 aromatic carbocycles. The molecule has 1 aliphatic carbocycles. The molecule has 1 atom stereocenters.